The van der Waals surface area contributed by atoms with E-state index in [-0.39, 0.29) is 0 Å². The van der Waals surface area contributed by atoms with E-state index in [9.17, 15) is 0 Å². The van der Waals surface area contributed by atoms with Gasteiger partial charge in [-0.15, -0.1) is 21.9 Å². The Bertz CT molecular complexity index is 3220. The zero-order valence-electron chi connectivity index (χ0n) is 33.0. The van der Waals surface area contributed by atoms with Crippen molar-refractivity contribution >= 4 is 172 Å². The van der Waals surface area contributed by atoms with Crippen LogP contribution in [0.2, 0.25) is 0 Å². The molecule has 0 fully saturated rings. The molecule has 10 aromatic rings. The van der Waals surface area contributed by atoms with Crippen LogP contribution in [0.15, 0.2) is 126 Å². The van der Waals surface area contributed by atoms with Gasteiger partial charge in [0.05, 0.1) is 0 Å². The fourth-order valence-electron chi connectivity index (χ4n) is 9.69. The van der Waals surface area contributed by atoms with E-state index in [2.05, 4.69) is 184 Å². The Morgan fingerprint density at radius 3 is 1.38 bits per heavy atom. The van der Waals surface area contributed by atoms with Gasteiger partial charge < -0.3 is 4.42 Å². The van der Waals surface area contributed by atoms with Crippen molar-refractivity contribution in [1.29, 1.82) is 0 Å². The maximum atomic E-state index is 6.54. The van der Waals surface area contributed by atoms with Gasteiger partial charge in [-0.25, -0.2) is 0 Å². The van der Waals surface area contributed by atoms with Gasteiger partial charge in [0.1, 0.15) is 73.9 Å². The van der Waals surface area contributed by atoms with Crippen molar-refractivity contribution in [2.75, 3.05) is 0 Å². The molecule has 1 nitrogen and oxygen atoms in total. The molecular formula is C46H36B8O. The summed E-state index contributed by atoms with van der Waals surface area (Å²) in [6.07, 6.45) is 0. The molecule has 0 amide bonds. The van der Waals surface area contributed by atoms with E-state index in [0.29, 0.717) is 0 Å². The lowest BCUT2D eigenvalue weighted by atomic mass is 9.59. The van der Waals surface area contributed by atoms with Crippen molar-refractivity contribution in [2.45, 2.75) is 0 Å². The second-order valence-electron chi connectivity index (χ2n) is 15.8. The number of hydrogen-bond acceptors (Lipinski definition) is 1. The van der Waals surface area contributed by atoms with Gasteiger partial charge >= 0.3 is 0 Å². The smallest absolute Gasteiger partial charge is 0.139 e. The molecule has 250 valence electrons. The standard InChI is InChI=1S/C46H36B8O/c47-39-35-33(24-14-17-31-29(19-24)30-18-22-10-4-5-11-23(22)20-32(30)55-31)36-38(42(50)46(54)44(52)40(36)48)34(37(35)41(49)45(53)43(39)51)28-16-15-25(21-8-2-1-3-9-21)26-12-6-7-13-27(26)28/h1-20H,47-54H2. The quantitative estimate of drug-likeness (QED) is 0.176. The van der Waals surface area contributed by atoms with Gasteiger partial charge in [0, 0.05) is 10.8 Å². The highest BCUT2D eigenvalue weighted by Gasteiger charge is 2.26. The van der Waals surface area contributed by atoms with Crippen molar-refractivity contribution in [3.05, 3.63) is 121 Å². The average Bonchev–Trinajstić information content (AvgIpc) is 3.57. The third kappa shape index (κ3) is 4.85. The van der Waals surface area contributed by atoms with Gasteiger partial charge in [-0.05, 0) is 101 Å². The summed E-state index contributed by atoms with van der Waals surface area (Å²) < 4.78 is 6.54. The zero-order chi connectivity index (χ0) is 37.9. The van der Waals surface area contributed by atoms with Crippen molar-refractivity contribution in [1.82, 2.24) is 0 Å². The van der Waals surface area contributed by atoms with Crippen LogP contribution in [-0.4, -0.2) is 62.8 Å². The molecular weight excluding hydrogens is 655 g/mol. The molecule has 9 aromatic carbocycles. The molecule has 0 radical (unpaired) electrons. The lowest BCUT2D eigenvalue weighted by molar-refractivity contribution is 0.669. The summed E-state index contributed by atoms with van der Waals surface area (Å²) >= 11 is 0. The van der Waals surface area contributed by atoms with Crippen molar-refractivity contribution in [3.8, 4) is 33.4 Å². The van der Waals surface area contributed by atoms with Crippen LogP contribution in [0.5, 0.6) is 0 Å². The SMILES string of the molecule is Bc1c(B)c(B)c2c(-c3ccc(-c4ccccc4)c4ccccc34)c3c(B)c(B)c(B)c(B)c3c(-c3ccc4oc5cc6ccccc6cc5c4c3)c2c1B. The summed E-state index contributed by atoms with van der Waals surface area (Å²) in [5, 5.41) is 12.7. The second-order valence-corrected chi connectivity index (χ2v) is 15.8. The topological polar surface area (TPSA) is 13.1 Å². The van der Waals surface area contributed by atoms with E-state index >= 15 is 0 Å². The predicted molar refractivity (Wildman–Crippen MR) is 265 cm³/mol. The average molecular weight is 691 g/mol. The number of fused-ring (bicyclic) bond motifs is 7. The molecule has 55 heavy (non-hydrogen) atoms. The minimum absolute atomic E-state index is 0.920. The van der Waals surface area contributed by atoms with Crippen LogP contribution < -0.4 is 43.7 Å². The third-order valence-corrected chi connectivity index (χ3v) is 13.3. The fraction of sp³-hybridized carbons (Fsp3) is 0. The van der Waals surface area contributed by atoms with Crippen molar-refractivity contribution in [2.24, 2.45) is 0 Å². The molecule has 0 saturated heterocycles. The predicted octanol–water partition coefficient (Wildman–Crippen LogP) is -0.733. The molecule has 1 heterocycles. The number of benzene rings is 9. The summed E-state index contributed by atoms with van der Waals surface area (Å²) in [6, 6.07) is 44.6. The first-order chi connectivity index (χ1) is 26.6. The summed E-state index contributed by atoms with van der Waals surface area (Å²) in [5.74, 6) is 0. The Morgan fingerprint density at radius 2 is 0.782 bits per heavy atom. The van der Waals surface area contributed by atoms with Crippen LogP contribution in [0, 0.1) is 0 Å². The van der Waals surface area contributed by atoms with Crippen LogP contribution in [0.4, 0.5) is 0 Å². The molecule has 0 spiro atoms. The summed E-state index contributed by atoms with van der Waals surface area (Å²) in [4.78, 5) is 0. The van der Waals surface area contributed by atoms with Crippen LogP contribution >= 0.6 is 0 Å². The van der Waals surface area contributed by atoms with Crippen molar-refractivity contribution < 1.29 is 4.42 Å². The largest absolute Gasteiger partial charge is 0.456 e. The van der Waals surface area contributed by atoms with Crippen LogP contribution in [0.1, 0.15) is 0 Å². The molecule has 1 aromatic heterocycles. The summed E-state index contributed by atoms with van der Waals surface area (Å²) in [7, 11) is 18.6. The van der Waals surface area contributed by atoms with Gasteiger partial charge in [-0.3, -0.25) is 0 Å². The minimum atomic E-state index is 0.920. The molecule has 0 aliphatic rings. The fourth-order valence-corrected chi connectivity index (χ4v) is 9.69. The minimum Gasteiger partial charge on any atom is -0.456 e. The number of rotatable bonds is 3. The molecule has 0 bridgehead atoms. The van der Waals surface area contributed by atoms with Crippen LogP contribution in [0.3, 0.4) is 0 Å². The number of hydrogen-bond donors (Lipinski definition) is 0. The molecule has 0 unspecified atom stereocenters. The van der Waals surface area contributed by atoms with Gasteiger partial charge in [-0.1, -0.05) is 119 Å². The molecule has 0 aliphatic carbocycles. The Labute approximate surface area is 329 Å². The van der Waals surface area contributed by atoms with E-state index in [1.54, 1.807) is 0 Å². The van der Waals surface area contributed by atoms with E-state index < -0.39 is 0 Å². The molecule has 0 N–H and O–H groups in total. The van der Waals surface area contributed by atoms with E-state index in [1.165, 1.54) is 120 Å². The monoisotopic (exact) mass is 692 g/mol. The normalized spacial score (nSPS) is 11.9. The highest BCUT2D eigenvalue weighted by atomic mass is 16.3. The Kier molecular flexibility index (Phi) is 7.66. The van der Waals surface area contributed by atoms with Gasteiger partial charge in [-0.2, -0.15) is 0 Å². The van der Waals surface area contributed by atoms with Gasteiger partial charge in [0.2, 0.25) is 0 Å². The van der Waals surface area contributed by atoms with Gasteiger partial charge in [0.15, 0.2) is 0 Å². The second kappa shape index (κ2) is 12.4. The first kappa shape index (κ1) is 33.9. The first-order valence-corrected chi connectivity index (χ1v) is 19.5. The molecule has 0 saturated carbocycles. The highest BCUT2D eigenvalue weighted by Crippen LogP contribution is 2.45. The first-order valence-electron chi connectivity index (χ1n) is 19.5. The molecule has 0 atom stereocenters. The van der Waals surface area contributed by atoms with Crippen LogP contribution in [0.25, 0.3) is 98.4 Å². The maximum Gasteiger partial charge on any atom is 0.139 e. The van der Waals surface area contributed by atoms with Crippen molar-refractivity contribution in [3.63, 3.8) is 0 Å². The lowest BCUT2D eigenvalue weighted by Crippen LogP contribution is -2.50. The van der Waals surface area contributed by atoms with E-state index in [4.69, 9.17) is 4.42 Å². The highest BCUT2D eigenvalue weighted by molar-refractivity contribution is 6.71. The maximum absolute atomic E-state index is 6.54. The summed E-state index contributed by atoms with van der Waals surface area (Å²) in [5.41, 5.74) is 20.4. The Hall–Kier alpha value is -5.66. The Balaban J connectivity index is 1.41. The zero-order valence-corrected chi connectivity index (χ0v) is 33.0. The van der Waals surface area contributed by atoms with Gasteiger partial charge in [0.25, 0.3) is 0 Å². The lowest BCUT2D eigenvalue weighted by Gasteiger charge is -2.28. The Morgan fingerprint density at radius 1 is 0.309 bits per heavy atom. The third-order valence-electron chi connectivity index (χ3n) is 13.3. The molecule has 10 rings (SSSR count). The van der Waals surface area contributed by atoms with E-state index in [1.807, 2.05) is 0 Å². The van der Waals surface area contributed by atoms with E-state index in [0.717, 1.165) is 21.9 Å². The summed E-state index contributed by atoms with van der Waals surface area (Å²) in [6.45, 7) is 0. The number of furan rings is 1. The van der Waals surface area contributed by atoms with Crippen LogP contribution in [-0.2, 0) is 0 Å². The molecule has 9 heteroatoms. The molecule has 0 aliphatic heterocycles.